The topological polar surface area (TPSA) is 19.0 Å². The summed E-state index contributed by atoms with van der Waals surface area (Å²) in [7, 11) is 2.19. The lowest BCUT2D eigenvalue weighted by Crippen LogP contribution is -2.20. The summed E-state index contributed by atoms with van der Waals surface area (Å²) in [6.07, 6.45) is 3.08. The SMILES string of the molecule is Cc1ccc(CN(C)CCc2ccc3cc[nH]c3c2)cc1. The highest BCUT2D eigenvalue weighted by Gasteiger charge is 2.02. The number of nitrogens with one attached hydrogen (secondary N) is 1. The van der Waals surface area contributed by atoms with Crippen LogP contribution in [0.4, 0.5) is 0 Å². The highest BCUT2D eigenvalue weighted by atomic mass is 15.1. The molecule has 0 aliphatic carbocycles. The minimum absolute atomic E-state index is 1.00. The Kier molecular flexibility index (Phi) is 4.07. The molecule has 3 aromatic rings. The number of fused-ring (bicyclic) bond motifs is 1. The average molecular weight is 278 g/mol. The summed E-state index contributed by atoms with van der Waals surface area (Å²) in [4.78, 5) is 5.66. The summed E-state index contributed by atoms with van der Waals surface area (Å²) < 4.78 is 0. The summed E-state index contributed by atoms with van der Waals surface area (Å²) in [6, 6.07) is 17.6. The lowest BCUT2D eigenvalue weighted by molar-refractivity contribution is 0.331. The molecule has 108 valence electrons. The standard InChI is InChI=1S/C19H22N2/c1-15-3-5-17(6-4-15)14-21(2)12-10-16-7-8-18-9-11-20-19(18)13-16/h3-9,11,13,20H,10,12,14H2,1-2H3. The van der Waals surface area contributed by atoms with E-state index in [0.717, 1.165) is 19.5 Å². The van der Waals surface area contributed by atoms with Gasteiger partial charge in [-0.15, -0.1) is 0 Å². The first-order valence-electron chi connectivity index (χ1n) is 7.51. The van der Waals surface area contributed by atoms with E-state index in [1.54, 1.807) is 0 Å². The fourth-order valence-electron chi connectivity index (χ4n) is 2.65. The van der Waals surface area contributed by atoms with Crippen LogP contribution in [0.15, 0.2) is 54.7 Å². The fourth-order valence-corrected chi connectivity index (χ4v) is 2.65. The van der Waals surface area contributed by atoms with Crippen molar-refractivity contribution in [3.05, 3.63) is 71.4 Å². The molecule has 2 aromatic carbocycles. The van der Waals surface area contributed by atoms with Gasteiger partial charge in [0.05, 0.1) is 0 Å². The number of rotatable bonds is 5. The molecule has 2 heteroatoms. The first-order valence-corrected chi connectivity index (χ1v) is 7.51. The number of hydrogen-bond acceptors (Lipinski definition) is 1. The van der Waals surface area contributed by atoms with Crippen LogP contribution in [0.5, 0.6) is 0 Å². The maximum atomic E-state index is 3.28. The zero-order valence-electron chi connectivity index (χ0n) is 12.8. The number of hydrogen-bond donors (Lipinski definition) is 1. The monoisotopic (exact) mass is 278 g/mol. The molecule has 1 N–H and O–H groups in total. The fraction of sp³-hybridized carbons (Fsp3) is 0.263. The Morgan fingerprint density at radius 3 is 2.52 bits per heavy atom. The minimum atomic E-state index is 1.00. The highest BCUT2D eigenvalue weighted by molar-refractivity contribution is 5.79. The van der Waals surface area contributed by atoms with E-state index in [1.807, 2.05) is 6.20 Å². The van der Waals surface area contributed by atoms with E-state index in [2.05, 4.69) is 72.4 Å². The number of aryl methyl sites for hydroxylation is 1. The van der Waals surface area contributed by atoms with E-state index in [4.69, 9.17) is 0 Å². The summed E-state index contributed by atoms with van der Waals surface area (Å²) in [6.45, 7) is 4.20. The molecule has 0 aliphatic heterocycles. The molecule has 21 heavy (non-hydrogen) atoms. The van der Waals surface area contributed by atoms with Crippen molar-refractivity contribution >= 4 is 10.9 Å². The zero-order chi connectivity index (χ0) is 14.7. The second-order valence-corrected chi connectivity index (χ2v) is 5.87. The number of nitrogens with zero attached hydrogens (tertiary/aromatic N) is 1. The minimum Gasteiger partial charge on any atom is -0.361 e. The normalized spacial score (nSPS) is 11.4. The second-order valence-electron chi connectivity index (χ2n) is 5.87. The predicted molar refractivity (Wildman–Crippen MR) is 89.5 cm³/mol. The van der Waals surface area contributed by atoms with Crippen molar-refractivity contribution < 1.29 is 0 Å². The Morgan fingerprint density at radius 2 is 1.71 bits per heavy atom. The predicted octanol–water partition coefficient (Wildman–Crippen LogP) is 4.15. The third-order valence-electron chi connectivity index (χ3n) is 3.97. The van der Waals surface area contributed by atoms with Crippen LogP contribution < -0.4 is 0 Å². The molecule has 0 atom stereocenters. The highest BCUT2D eigenvalue weighted by Crippen LogP contribution is 2.15. The molecule has 1 aromatic heterocycles. The van der Waals surface area contributed by atoms with Crippen molar-refractivity contribution in [1.29, 1.82) is 0 Å². The molecule has 1 heterocycles. The first kappa shape index (κ1) is 13.9. The van der Waals surface area contributed by atoms with Gasteiger partial charge in [-0.05, 0) is 49.0 Å². The van der Waals surface area contributed by atoms with Gasteiger partial charge in [-0.3, -0.25) is 0 Å². The Bertz CT molecular complexity index is 710. The number of benzene rings is 2. The summed E-state index contributed by atoms with van der Waals surface area (Å²) >= 11 is 0. The average Bonchev–Trinajstić information content (AvgIpc) is 2.95. The molecule has 0 saturated heterocycles. The van der Waals surface area contributed by atoms with Gasteiger partial charge in [-0.1, -0.05) is 42.0 Å². The maximum absolute atomic E-state index is 3.28. The molecular formula is C19H22N2. The van der Waals surface area contributed by atoms with Crippen molar-refractivity contribution in [3.63, 3.8) is 0 Å². The molecule has 0 unspecified atom stereocenters. The van der Waals surface area contributed by atoms with Gasteiger partial charge in [-0.2, -0.15) is 0 Å². The van der Waals surface area contributed by atoms with Crippen LogP contribution in [0.3, 0.4) is 0 Å². The molecular weight excluding hydrogens is 256 g/mol. The smallest absolute Gasteiger partial charge is 0.0456 e. The van der Waals surface area contributed by atoms with E-state index >= 15 is 0 Å². The van der Waals surface area contributed by atoms with Crippen molar-refractivity contribution in [2.75, 3.05) is 13.6 Å². The third kappa shape index (κ3) is 3.53. The molecule has 2 nitrogen and oxygen atoms in total. The Labute approximate surface area is 126 Å². The second kappa shape index (κ2) is 6.15. The van der Waals surface area contributed by atoms with Gasteiger partial charge < -0.3 is 9.88 Å². The van der Waals surface area contributed by atoms with Crippen molar-refractivity contribution in [3.8, 4) is 0 Å². The molecule has 0 saturated carbocycles. The summed E-state index contributed by atoms with van der Waals surface area (Å²) in [5.41, 5.74) is 5.32. The van der Waals surface area contributed by atoms with E-state index < -0.39 is 0 Å². The van der Waals surface area contributed by atoms with Crippen LogP contribution in [0.25, 0.3) is 10.9 Å². The lowest BCUT2D eigenvalue weighted by atomic mass is 10.1. The Balaban J connectivity index is 1.57. The van der Waals surface area contributed by atoms with Gasteiger partial charge in [-0.25, -0.2) is 0 Å². The molecule has 0 amide bonds. The summed E-state index contributed by atoms with van der Waals surface area (Å²) in [5, 5.41) is 1.28. The Morgan fingerprint density at radius 1 is 0.952 bits per heavy atom. The van der Waals surface area contributed by atoms with Gasteiger partial charge in [0.1, 0.15) is 0 Å². The van der Waals surface area contributed by atoms with E-state index in [1.165, 1.54) is 27.6 Å². The van der Waals surface area contributed by atoms with E-state index in [-0.39, 0.29) is 0 Å². The van der Waals surface area contributed by atoms with E-state index in [0.29, 0.717) is 0 Å². The van der Waals surface area contributed by atoms with Gasteiger partial charge in [0.15, 0.2) is 0 Å². The number of H-pyrrole nitrogens is 1. The lowest BCUT2D eigenvalue weighted by Gasteiger charge is -2.17. The van der Waals surface area contributed by atoms with E-state index in [9.17, 15) is 0 Å². The molecule has 0 radical (unpaired) electrons. The number of aromatic nitrogens is 1. The number of aromatic amines is 1. The zero-order valence-corrected chi connectivity index (χ0v) is 12.8. The van der Waals surface area contributed by atoms with Gasteiger partial charge >= 0.3 is 0 Å². The van der Waals surface area contributed by atoms with Crippen molar-refractivity contribution in [1.82, 2.24) is 9.88 Å². The third-order valence-corrected chi connectivity index (χ3v) is 3.97. The largest absolute Gasteiger partial charge is 0.361 e. The van der Waals surface area contributed by atoms with Gasteiger partial charge in [0.2, 0.25) is 0 Å². The van der Waals surface area contributed by atoms with Crippen molar-refractivity contribution in [2.45, 2.75) is 19.9 Å². The van der Waals surface area contributed by atoms with Gasteiger partial charge in [0, 0.05) is 24.8 Å². The molecule has 0 aliphatic rings. The number of likely N-dealkylation sites (N-methyl/N-ethyl adjacent to an activating group) is 1. The van der Waals surface area contributed by atoms with Crippen LogP contribution in [-0.4, -0.2) is 23.5 Å². The van der Waals surface area contributed by atoms with Crippen LogP contribution >= 0.6 is 0 Å². The van der Waals surface area contributed by atoms with Crippen LogP contribution in [0, 0.1) is 6.92 Å². The van der Waals surface area contributed by atoms with Crippen LogP contribution in [-0.2, 0) is 13.0 Å². The maximum Gasteiger partial charge on any atom is 0.0456 e. The van der Waals surface area contributed by atoms with Crippen molar-refractivity contribution in [2.24, 2.45) is 0 Å². The van der Waals surface area contributed by atoms with Crippen LogP contribution in [0.2, 0.25) is 0 Å². The first-order chi connectivity index (χ1) is 10.2. The quantitative estimate of drug-likeness (QED) is 0.743. The van der Waals surface area contributed by atoms with Gasteiger partial charge in [0.25, 0.3) is 0 Å². The molecule has 0 bridgehead atoms. The van der Waals surface area contributed by atoms with Crippen LogP contribution in [0.1, 0.15) is 16.7 Å². The molecule has 0 spiro atoms. The summed E-state index contributed by atoms with van der Waals surface area (Å²) in [5.74, 6) is 0. The molecule has 3 rings (SSSR count). The Hall–Kier alpha value is -2.06. The molecule has 0 fully saturated rings.